The third kappa shape index (κ3) is 2.49. The maximum atomic E-state index is 5.95. The number of benzene rings is 1. The van der Waals surface area contributed by atoms with Crippen LogP contribution >= 0.6 is 55.1 Å². The standard InChI is InChI=1S/C8H4Br2Cl2/c9-8(10)7(12)5-3-1-2-4-6(5)11/h1-4H. The van der Waals surface area contributed by atoms with E-state index in [1.54, 1.807) is 6.07 Å². The Morgan fingerprint density at radius 2 is 1.75 bits per heavy atom. The van der Waals surface area contributed by atoms with Gasteiger partial charge in [0.1, 0.15) is 0 Å². The summed E-state index contributed by atoms with van der Waals surface area (Å²) in [5.41, 5.74) is 0.810. The van der Waals surface area contributed by atoms with Gasteiger partial charge in [0, 0.05) is 10.6 Å². The second-order valence-electron chi connectivity index (χ2n) is 2.05. The van der Waals surface area contributed by atoms with Crippen LogP contribution in [0.4, 0.5) is 0 Å². The summed E-state index contributed by atoms with van der Waals surface area (Å²) in [4.78, 5) is 0. The molecule has 1 aromatic rings. The van der Waals surface area contributed by atoms with Gasteiger partial charge in [-0.15, -0.1) is 0 Å². The largest absolute Gasteiger partial charge is 0.0836 e. The first kappa shape index (κ1) is 10.6. The molecule has 4 heteroatoms. The van der Waals surface area contributed by atoms with Crippen LogP contribution in [0.25, 0.3) is 5.03 Å². The molecule has 0 aliphatic rings. The van der Waals surface area contributed by atoms with Gasteiger partial charge in [0.25, 0.3) is 0 Å². The minimum absolute atomic E-state index is 0.570. The molecule has 0 bridgehead atoms. The number of halogens is 4. The SMILES string of the molecule is ClC(=C(Br)Br)c1ccccc1Cl. The van der Waals surface area contributed by atoms with E-state index in [0.29, 0.717) is 13.4 Å². The highest BCUT2D eigenvalue weighted by Gasteiger charge is 2.05. The lowest BCUT2D eigenvalue weighted by Gasteiger charge is -2.01. The summed E-state index contributed by atoms with van der Waals surface area (Å²) in [7, 11) is 0. The van der Waals surface area contributed by atoms with Crippen LogP contribution in [0, 0.1) is 0 Å². The molecule has 1 rings (SSSR count). The lowest BCUT2D eigenvalue weighted by molar-refractivity contribution is 1.65. The van der Waals surface area contributed by atoms with Gasteiger partial charge in [-0.05, 0) is 37.9 Å². The second-order valence-corrected chi connectivity index (χ2v) is 5.49. The average molecular weight is 331 g/mol. The number of hydrogen-bond donors (Lipinski definition) is 0. The van der Waals surface area contributed by atoms with Crippen molar-refractivity contribution in [2.24, 2.45) is 0 Å². The van der Waals surface area contributed by atoms with Crippen molar-refractivity contribution < 1.29 is 0 Å². The Kier molecular flexibility index (Phi) is 4.11. The Bertz CT molecular complexity index is 317. The Morgan fingerprint density at radius 3 is 2.25 bits per heavy atom. The fourth-order valence-electron chi connectivity index (χ4n) is 0.741. The molecule has 0 heterocycles. The molecule has 0 unspecified atom stereocenters. The molecule has 0 fully saturated rings. The van der Waals surface area contributed by atoms with Crippen molar-refractivity contribution in [3.8, 4) is 0 Å². The normalized spacial score (nSPS) is 9.67. The fourth-order valence-corrected chi connectivity index (χ4v) is 1.61. The monoisotopic (exact) mass is 328 g/mol. The van der Waals surface area contributed by atoms with Crippen molar-refractivity contribution in [3.05, 3.63) is 38.2 Å². The molecule has 0 saturated heterocycles. The second kappa shape index (κ2) is 4.66. The molecule has 0 aliphatic carbocycles. The Balaban J connectivity index is 3.21. The first-order valence-electron chi connectivity index (χ1n) is 3.08. The maximum absolute atomic E-state index is 5.95. The average Bonchev–Trinajstić information content (AvgIpc) is 2.04. The lowest BCUT2D eigenvalue weighted by atomic mass is 10.2. The van der Waals surface area contributed by atoms with Gasteiger partial charge in [0.15, 0.2) is 0 Å². The van der Waals surface area contributed by atoms with Crippen LogP contribution in [-0.2, 0) is 0 Å². The van der Waals surface area contributed by atoms with Gasteiger partial charge in [0.05, 0.1) is 8.42 Å². The Labute approximate surface area is 97.8 Å². The van der Waals surface area contributed by atoms with Gasteiger partial charge >= 0.3 is 0 Å². The van der Waals surface area contributed by atoms with Crippen molar-refractivity contribution in [1.29, 1.82) is 0 Å². The van der Waals surface area contributed by atoms with E-state index in [1.165, 1.54) is 0 Å². The fraction of sp³-hybridized carbons (Fsp3) is 0. The third-order valence-corrected chi connectivity index (χ3v) is 3.25. The Morgan fingerprint density at radius 1 is 1.17 bits per heavy atom. The summed E-state index contributed by atoms with van der Waals surface area (Å²) in [6.07, 6.45) is 0. The van der Waals surface area contributed by atoms with Gasteiger partial charge < -0.3 is 0 Å². The van der Waals surface area contributed by atoms with Crippen LogP contribution in [0.2, 0.25) is 5.02 Å². The van der Waals surface area contributed by atoms with E-state index < -0.39 is 0 Å². The lowest BCUT2D eigenvalue weighted by Crippen LogP contribution is -1.78. The molecular weight excluding hydrogens is 327 g/mol. The van der Waals surface area contributed by atoms with Gasteiger partial charge in [-0.2, -0.15) is 0 Å². The predicted molar refractivity (Wildman–Crippen MR) is 62.1 cm³/mol. The van der Waals surface area contributed by atoms with Crippen LogP contribution in [0.1, 0.15) is 5.56 Å². The molecule has 0 N–H and O–H groups in total. The van der Waals surface area contributed by atoms with Gasteiger partial charge in [-0.25, -0.2) is 0 Å². The number of hydrogen-bond acceptors (Lipinski definition) is 0. The van der Waals surface area contributed by atoms with E-state index in [0.717, 1.165) is 5.56 Å². The van der Waals surface area contributed by atoms with E-state index >= 15 is 0 Å². The van der Waals surface area contributed by atoms with Crippen LogP contribution < -0.4 is 0 Å². The molecule has 0 aromatic heterocycles. The molecule has 0 radical (unpaired) electrons. The van der Waals surface area contributed by atoms with Crippen molar-refractivity contribution in [2.75, 3.05) is 0 Å². The molecule has 0 spiro atoms. The van der Waals surface area contributed by atoms with Gasteiger partial charge in [0.2, 0.25) is 0 Å². The van der Waals surface area contributed by atoms with Gasteiger partial charge in [-0.1, -0.05) is 41.4 Å². The molecule has 0 amide bonds. The van der Waals surface area contributed by atoms with E-state index in [2.05, 4.69) is 31.9 Å². The van der Waals surface area contributed by atoms with Crippen molar-refractivity contribution in [2.45, 2.75) is 0 Å². The first-order chi connectivity index (χ1) is 5.63. The summed E-state index contributed by atoms with van der Waals surface area (Å²) < 4.78 is 0.699. The van der Waals surface area contributed by atoms with Crippen molar-refractivity contribution in [1.82, 2.24) is 0 Å². The zero-order valence-corrected chi connectivity index (χ0v) is 10.5. The Hall–Kier alpha value is 0.500. The minimum atomic E-state index is 0.570. The summed E-state index contributed by atoms with van der Waals surface area (Å²) in [6.45, 7) is 0. The third-order valence-electron chi connectivity index (χ3n) is 1.28. The maximum Gasteiger partial charge on any atom is 0.0796 e. The molecule has 64 valence electrons. The highest BCUT2D eigenvalue weighted by atomic mass is 79.9. The smallest absolute Gasteiger partial charge is 0.0796 e. The quantitative estimate of drug-likeness (QED) is 0.680. The van der Waals surface area contributed by atoms with Crippen LogP contribution in [0.5, 0.6) is 0 Å². The van der Waals surface area contributed by atoms with Gasteiger partial charge in [-0.3, -0.25) is 0 Å². The summed E-state index contributed by atoms with van der Waals surface area (Å²) in [5, 5.41) is 1.21. The summed E-state index contributed by atoms with van der Waals surface area (Å²) >= 11 is 18.3. The van der Waals surface area contributed by atoms with E-state index in [-0.39, 0.29) is 0 Å². The van der Waals surface area contributed by atoms with Crippen molar-refractivity contribution in [3.63, 3.8) is 0 Å². The molecule has 0 saturated carbocycles. The molecule has 1 aromatic carbocycles. The zero-order chi connectivity index (χ0) is 9.14. The molecule has 0 atom stereocenters. The molecule has 12 heavy (non-hydrogen) atoms. The van der Waals surface area contributed by atoms with Crippen molar-refractivity contribution >= 4 is 60.1 Å². The minimum Gasteiger partial charge on any atom is -0.0836 e. The first-order valence-corrected chi connectivity index (χ1v) is 5.43. The van der Waals surface area contributed by atoms with Crippen LogP contribution in [0.3, 0.4) is 0 Å². The molecular formula is C8H4Br2Cl2. The zero-order valence-electron chi connectivity index (χ0n) is 5.82. The summed E-state index contributed by atoms with van der Waals surface area (Å²) in [6, 6.07) is 7.39. The van der Waals surface area contributed by atoms with Crippen LogP contribution in [-0.4, -0.2) is 0 Å². The topological polar surface area (TPSA) is 0 Å². The van der Waals surface area contributed by atoms with Crippen LogP contribution in [0.15, 0.2) is 27.7 Å². The van der Waals surface area contributed by atoms with E-state index in [4.69, 9.17) is 23.2 Å². The van der Waals surface area contributed by atoms with E-state index in [1.807, 2.05) is 18.2 Å². The highest BCUT2D eigenvalue weighted by molar-refractivity contribution is 9.28. The van der Waals surface area contributed by atoms with E-state index in [9.17, 15) is 0 Å². The predicted octanol–water partition coefficient (Wildman–Crippen LogP) is 4.99. The molecule has 0 nitrogen and oxygen atoms in total. The highest BCUT2D eigenvalue weighted by Crippen LogP contribution is 2.34. The molecule has 0 aliphatic heterocycles. The number of rotatable bonds is 1. The summed E-state index contributed by atoms with van der Waals surface area (Å²) in [5.74, 6) is 0.